The van der Waals surface area contributed by atoms with Crippen LogP contribution >= 0.6 is 23.2 Å². The highest BCUT2D eigenvalue weighted by atomic mass is 35.5. The molecule has 0 saturated carbocycles. The monoisotopic (exact) mass is 332 g/mol. The van der Waals surface area contributed by atoms with Crippen LogP contribution in [-0.2, 0) is 11.2 Å². The average Bonchev–Trinajstić information content (AvgIpc) is 2.84. The van der Waals surface area contributed by atoms with Crippen LogP contribution < -0.4 is 5.32 Å². The largest absolute Gasteiger partial charge is 0.361 e. The van der Waals surface area contributed by atoms with Gasteiger partial charge in [0.1, 0.15) is 0 Å². The summed E-state index contributed by atoms with van der Waals surface area (Å²) in [5, 5.41) is 5.25. The molecule has 2 aromatic carbocycles. The zero-order valence-electron chi connectivity index (χ0n) is 11.9. The van der Waals surface area contributed by atoms with Crippen molar-refractivity contribution < 1.29 is 4.79 Å². The Labute approximate surface area is 138 Å². The maximum Gasteiger partial charge on any atom is 0.228 e. The number of aromatic amines is 1. The second-order valence-electron chi connectivity index (χ2n) is 5.19. The van der Waals surface area contributed by atoms with E-state index in [1.54, 1.807) is 6.07 Å². The molecule has 3 rings (SSSR count). The van der Waals surface area contributed by atoms with E-state index in [-0.39, 0.29) is 5.91 Å². The fourth-order valence-electron chi connectivity index (χ4n) is 2.44. The molecule has 0 aliphatic carbocycles. The van der Waals surface area contributed by atoms with Gasteiger partial charge in [-0.2, -0.15) is 0 Å². The van der Waals surface area contributed by atoms with E-state index in [2.05, 4.69) is 10.3 Å². The zero-order chi connectivity index (χ0) is 15.7. The fraction of sp³-hybridized carbons (Fsp3) is 0.118. The van der Waals surface area contributed by atoms with Crippen LogP contribution in [0.15, 0.2) is 42.6 Å². The number of carbonyl (C=O) groups is 1. The fourth-order valence-corrected chi connectivity index (χ4v) is 2.84. The SMILES string of the molecule is Cc1cc(Cl)ccc1NC(=O)Cc1c[nH]c2cc(Cl)ccc12. The molecular weight excluding hydrogens is 319 g/mol. The summed E-state index contributed by atoms with van der Waals surface area (Å²) in [5.41, 5.74) is 3.58. The van der Waals surface area contributed by atoms with E-state index in [0.29, 0.717) is 16.5 Å². The lowest BCUT2D eigenvalue weighted by molar-refractivity contribution is -0.115. The predicted molar refractivity (Wildman–Crippen MR) is 91.8 cm³/mol. The molecule has 22 heavy (non-hydrogen) atoms. The van der Waals surface area contributed by atoms with Gasteiger partial charge in [-0.25, -0.2) is 0 Å². The molecule has 0 radical (unpaired) electrons. The van der Waals surface area contributed by atoms with E-state index in [4.69, 9.17) is 23.2 Å². The summed E-state index contributed by atoms with van der Waals surface area (Å²) in [6.45, 7) is 1.91. The van der Waals surface area contributed by atoms with E-state index in [1.165, 1.54) is 0 Å². The molecule has 0 fully saturated rings. The first-order valence-corrected chi connectivity index (χ1v) is 7.60. The van der Waals surface area contributed by atoms with Crippen LogP contribution in [0.5, 0.6) is 0 Å². The van der Waals surface area contributed by atoms with E-state index in [9.17, 15) is 4.79 Å². The van der Waals surface area contributed by atoms with Crippen molar-refractivity contribution in [3.05, 3.63) is 63.8 Å². The number of anilines is 1. The highest BCUT2D eigenvalue weighted by Gasteiger charge is 2.10. The number of aromatic nitrogens is 1. The average molecular weight is 333 g/mol. The van der Waals surface area contributed by atoms with Gasteiger partial charge in [0, 0.05) is 32.8 Å². The van der Waals surface area contributed by atoms with Crippen LogP contribution in [0, 0.1) is 6.92 Å². The van der Waals surface area contributed by atoms with Gasteiger partial charge in [-0.15, -0.1) is 0 Å². The minimum absolute atomic E-state index is 0.0683. The number of fused-ring (bicyclic) bond motifs is 1. The van der Waals surface area contributed by atoms with Gasteiger partial charge in [0.15, 0.2) is 0 Å². The molecule has 0 atom stereocenters. The van der Waals surface area contributed by atoms with Crippen molar-refractivity contribution in [2.75, 3.05) is 5.32 Å². The number of amides is 1. The molecule has 5 heteroatoms. The Hall–Kier alpha value is -1.97. The first-order chi connectivity index (χ1) is 10.5. The molecule has 0 aliphatic rings. The van der Waals surface area contributed by atoms with Crippen molar-refractivity contribution in [1.82, 2.24) is 4.98 Å². The van der Waals surface area contributed by atoms with Gasteiger partial charge in [-0.1, -0.05) is 29.3 Å². The van der Waals surface area contributed by atoms with Gasteiger partial charge in [0.05, 0.1) is 6.42 Å². The molecule has 0 unspecified atom stereocenters. The summed E-state index contributed by atoms with van der Waals surface area (Å²) in [5.74, 6) is -0.0683. The molecule has 3 nitrogen and oxygen atoms in total. The Bertz CT molecular complexity index is 855. The molecule has 1 aromatic heterocycles. The Kier molecular flexibility index (Phi) is 4.10. The van der Waals surface area contributed by atoms with Crippen LogP contribution in [0.3, 0.4) is 0 Å². The van der Waals surface area contributed by atoms with Crippen LogP contribution in [0.2, 0.25) is 10.0 Å². The summed E-state index contributed by atoms with van der Waals surface area (Å²) in [4.78, 5) is 15.4. The minimum Gasteiger partial charge on any atom is -0.361 e. The van der Waals surface area contributed by atoms with Gasteiger partial charge < -0.3 is 10.3 Å². The molecule has 2 N–H and O–H groups in total. The van der Waals surface area contributed by atoms with Gasteiger partial charge in [-0.3, -0.25) is 4.79 Å². The molecule has 1 amide bonds. The van der Waals surface area contributed by atoms with Crippen LogP contribution in [0.1, 0.15) is 11.1 Å². The van der Waals surface area contributed by atoms with Crippen molar-refractivity contribution in [3.63, 3.8) is 0 Å². The topological polar surface area (TPSA) is 44.9 Å². The molecule has 0 bridgehead atoms. The summed E-state index contributed by atoms with van der Waals surface area (Å²) in [6.07, 6.45) is 2.14. The maximum atomic E-state index is 12.2. The van der Waals surface area contributed by atoms with E-state index >= 15 is 0 Å². The van der Waals surface area contributed by atoms with Crippen molar-refractivity contribution in [2.45, 2.75) is 13.3 Å². The molecule has 112 valence electrons. The third-order valence-electron chi connectivity index (χ3n) is 3.54. The van der Waals surface area contributed by atoms with Gasteiger partial charge in [0.25, 0.3) is 0 Å². The van der Waals surface area contributed by atoms with Crippen molar-refractivity contribution in [2.24, 2.45) is 0 Å². The number of nitrogens with one attached hydrogen (secondary N) is 2. The second kappa shape index (κ2) is 6.03. The highest BCUT2D eigenvalue weighted by Crippen LogP contribution is 2.23. The van der Waals surface area contributed by atoms with Crippen molar-refractivity contribution >= 4 is 45.7 Å². The number of carbonyl (C=O) groups excluding carboxylic acids is 1. The molecule has 3 aromatic rings. The molecule has 0 spiro atoms. The van der Waals surface area contributed by atoms with Crippen molar-refractivity contribution in [1.29, 1.82) is 0 Å². The molecule has 0 aliphatic heterocycles. The molecular formula is C17H14Cl2N2O. The standard InChI is InChI=1S/C17H14Cl2N2O/c1-10-6-12(18)3-5-15(10)21-17(22)7-11-9-20-16-8-13(19)2-4-14(11)16/h2-6,8-9,20H,7H2,1H3,(H,21,22). The second-order valence-corrected chi connectivity index (χ2v) is 6.06. The number of rotatable bonds is 3. The first-order valence-electron chi connectivity index (χ1n) is 6.84. The maximum absolute atomic E-state index is 12.2. The minimum atomic E-state index is -0.0683. The third-order valence-corrected chi connectivity index (χ3v) is 4.01. The van der Waals surface area contributed by atoms with Crippen LogP contribution in [-0.4, -0.2) is 10.9 Å². The zero-order valence-corrected chi connectivity index (χ0v) is 13.4. The van der Waals surface area contributed by atoms with E-state index < -0.39 is 0 Å². The Morgan fingerprint density at radius 2 is 1.86 bits per heavy atom. The Morgan fingerprint density at radius 3 is 2.64 bits per heavy atom. The lowest BCUT2D eigenvalue weighted by atomic mass is 10.1. The van der Waals surface area contributed by atoms with E-state index in [1.807, 2.05) is 43.5 Å². The van der Waals surface area contributed by atoms with Gasteiger partial charge in [0.2, 0.25) is 5.91 Å². The van der Waals surface area contributed by atoms with Crippen molar-refractivity contribution in [3.8, 4) is 0 Å². The first kappa shape index (κ1) is 14.9. The smallest absolute Gasteiger partial charge is 0.228 e. The normalized spacial score (nSPS) is 10.9. The molecule has 1 heterocycles. The van der Waals surface area contributed by atoms with E-state index in [0.717, 1.165) is 27.7 Å². The van der Waals surface area contributed by atoms with Gasteiger partial charge in [-0.05, 0) is 48.4 Å². The number of hydrogen-bond acceptors (Lipinski definition) is 1. The Morgan fingerprint density at radius 1 is 1.14 bits per heavy atom. The lowest BCUT2D eigenvalue weighted by Gasteiger charge is -2.08. The third kappa shape index (κ3) is 3.11. The highest BCUT2D eigenvalue weighted by molar-refractivity contribution is 6.31. The summed E-state index contributed by atoms with van der Waals surface area (Å²) < 4.78 is 0. The predicted octanol–water partition coefficient (Wildman–Crippen LogP) is 4.96. The summed E-state index contributed by atoms with van der Waals surface area (Å²) in [6, 6.07) is 11.0. The van der Waals surface area contributed by atoms with Gasteiger partial charge >= 0.3 is 0 Å². The summed E-state index contributed by atoms with van der Waals surface area (Å²) >= 11 is 11.9. The van der Waals surface area contributed by atoms with Crippen LogP contribution in [0.25, 0.3) is 10.9 Å². The number of aryl methyl sites for hydroxylation is 1. The quantitative estimate of drug-likeness (QED) is 0.699. The molecule has 0 saturated heterocycles. The number of H-pyrrole nitrogens is 1. The number of hydrogen-bond donors (Lipinski definition) is 2. The number of halogens is 2. The van der Waals surface area contributed by atoms with Crippen LogP contribution in [0.4, 0.5) is 5.69 Å². The Balaban J connectivity index is 1.78. The number of benzene rings is 2. The summed E-state index contributed by atoms with van der Waals surface area (Å²) in [7, 11) is 0. The lowest BCUT2D eigenvalue weighted by Crippen LogP contribution is -2.14.